The van der Waals surface area contributed by atoms with E-state index in [1.165, 1.54) is 11.9 Å². The number of hydrogen-bond acceptors (Lipinski definition) is 5. The highest BCUT2D eigenvalue weighted by Gasteiger charge is 2.54. The largest absolute Gasteiger partial charge is 0.327 e. The van der Waals surface area contributed by atoms with E-state index in [9.17, 15) is 9.59 Å². The van der Waals surface area contributed by atoms with Crippen molar-refractivity contribution in [3.63, 3.8) is 0 Å². The summed E-state index contributed by atoms with van der Waals surface area (Å²) in [6, 6.07) is 14.5. The van der Waals surface area contributed by atoms with Gasteiger partial charge in [0.05, 0.1) is 0 Å². The van der Waals surface area contributed by atoms with E-state index in [4.69, 9.17) is 11.6 Å². The Labute approximate surface area is 184 Å². The molecule has 2 aromatic carbocycles. The summed E-state index contributed by atoms with van der Waals surface area (Å²) in [5, 5.41) is 9.51. The molecule has 3 aromatic rings. The highest BCUT2D eigenvalue weighted by molar-refractivity contribution is 6.30. The Morgan fingerprint density at radius 2 is 1.65 bits per heavy atom. The highest BCUT2D eigenvalue weighted by atomic mass is 35.5. The van der Waals surface area contributed by atoms with Gasteiger partial charge in [-0.25, -0.2) is 4.79 Å². The lowest BCUT2D eigenvalue weighted by Crippen LogP contribution is -2.61. The molecule has 2 unspecified atom stereocenters. The predicted molar refractivity (Wildman–Crippen MR) is 117 cm³/mol. The zero-order valence-electron chi connectivity index (χ0n) is 17.4. The third-order valence-corrected chi connectivity index (χ3v) is 6.21. The van der Waals surface area contributed by atoms with Crippen LogP contribution in [0.2, 0.25) is 5.02 Å². The van der Waals surface area contributed by atoms with Crippen LogP contribution < -0.4 is 4.90 Å². The van der Waals surface area contributed by atoms with Crippen molar-refractivity contribution in [1.82, 2.24) is 24.6 Å². The van der Waals surface area contributed by atoms with E-state index < -0.39 is 12.2 Å². The number of urea groups is 1. The fourth-order valence-corrected chi connectivity index (χ4v) is 4.42. The summed E-state index contributed by atoms with van der Waals surface area (Å²) in [5.41, 5.74) is 2.99. The number of imide groups is 1. The third-order valence-electron chi connectivity index (χ3n) is 5.96. The molecule has 158 valence electrons. The van der Waals surface area contributed by atoms with Gasteiger partial charge < -0.3 is 9.80 Å². The fourth-order valence-electron chi connectivity index (χ4n) is 4.29. The lowest BCUT2D eigenvalue weighted by atomic mass is 10.1. The Balaban J connectivity index is 1.64. The first-order chi connectivity index (χ1) is 14.9. The molecular weight excluding hydrogens is 416 g/mol. The number of carbonyl (C=O) groups is 2. The number of nitrogens with zero attached hydrogens (tertiary/aromatic N) is 6. The number of anilines is 1. The van der Waals surface area contributed by atoms with Crippen LogP contribution in [-0.4, -0.2) is 56.6 Å². The van der Waals surface area contributed by atoms with E-state index in [-0.39, 0.29) is 11.9 Å². The Morgan fingerprint density at radius 1 is 0.968 bits per heavy atom. The molecule has 0 aliphatic carbocycles. The molecular formula is C22H21ClN6O2. The van der Waals surface area contributed by atoms with Gasteiger partial charge in [-0.3, -0.25) is 14.3 Å². The first-order valence-corrected chi connectivity index (χ1v) is 10.3. The molecule has 0 bridgehead atoms. The van der Waals surface area contributed by atoms with E-state index >= 15 is 0 Å². The van der Waals surface area contributed by atoms with E-state index in [2.05, 4.69) is 10.2 Å². The predicted octanol–water partition coefficient (Wildman–Crippen LogP) is 3.32. The average Bonchev–Trinajstić information content (AvgIpc) is 3.32. The van der Waals surface area contributed by atoms with E-state index in [0.717, 1.165) is 16.7 Å². The highest BCUT2D eigenvalue weighted by Crippen LogP contribution is 2.42. The first kappa shape index (κ1) is 19.6. The maximum absolute atomic E-state index is 13.2. The number of benzene rings is 2. The Hall–Kier alpha value is -3.39. The molecule has 5 rings (SSSR count). The second-order valence-electron chi connectivity index (χ2n) is 7.96. The molecule has 1 aromatic heterocycles. The summed E-state index contributed by atoms with van der Waals surface area (Å²) in [7, 11) is 3.22. The van der Waals surface area contributed by atoms with E-state index in [0.29, 0.717) is 23.3 Å². The number of likely N-dealkylation sites (N-methyl/N-ethyl adjacent to an activating group) is 2. The summed E-state index contributed by atoms with van der Waals surface area (Å²) in [5.74, 6) is 0.923. The van der Waals surface area contributed by atoms with Crippen molar-refractivity contribution >= 4 is 29.5 Å². The molecule has 3 heterocycles. The van der Waals surface area contributed by atoms with Crippen LogP contribution in [0, 0.1) is 6.92 Å². The minimum absolute atomic E-state index is 0.262. The number of aromatic nitrogens is 3. The summed E-state index contributed by atoms with van der Waals surface area (Å²) < 4.78 is 1.90. The standard InChI is InChI=1S/C22H21ClN6O2/c1-13-4-8-15(9-5-13)18-24-25-21-28(12-14-6-10-16(23)11-7-14)17-19(29(18)21)26(2)22(31)27(3)20(17)30/h4-11,17,19H,12H2,1-3H3. The number of carbonyl (C=O) groups excluding carboxylic acids is 2. The molecule has 9 heteroatoms. The molecule has 1 fully saturated rings. The molecule has 0 N–H and O–H groups in total. The second-order valence-corrected chi connectivity index (χ2v) is 8.40. The Morgan fingerprint density at radius 3 is 2.32 bits per heavy atom. The zero-order chi connectivity index (χ0) is 21.9. The lowest BCUT2D eigenvalue weighted by molar-refractivity contribution is -0.133. The van der Waals surface area contributed by atoms with Crippen LogP contribution in [0.4, 0.5) is 10.7 Å². The van der Waals surface area contributed by atoms with Crippen LogP contribution >= 0.6 is 11.6 Å². The van der Waals surface area contributed by atoms with Crippen LogP contribution in [0.25, 0.3) is 11.4 Å². The van der Waals surface area contributed by atoms with Crippen LogP contribution in [-0.2, 0) is 11.3 Å². The van der Waals surface area contributed by atoms with Crippen molar-refractivity contribution in [1.29, 1.82) is 0 Å². The normalized spacial score (nSPS) is 20.3. The minimum atomic E-state index is -0.599. The third kappa shape index (κ3) is 2.97. The molecule has 1 saturated heterocycles. The van der Waals surface area contributed by atoms with Gasteiger partial charge in [0.2, 0.25) is 5.95 Å². The van der Waals surface area contributed by atoms with Gasteiger partial charge in [0.25, 0.3) is 5.91 Å². The summed E-state index contributed by atoms with van der Waals surface area (Å²) in [6.07, 6.45) is -0.537. The summed E-state index contributed by atoms with van der Waals surface area (Å²) in [6.45, 7) is 2.45. The van der Waals surface area contributed by atoms with Crippen LogP contribution in [0.3, 0.4) is 0 Å². The molecule has 0 radical (unpaired) electrons. The quantitative estimate of drug-likeness (QED) is 0.629. The van der Waals surface area contributed by atoms with Crippen LogP contribution in [0.1, 0.15) is 17.3 Å². The number of aryl methyl sites for hydroxylation is 1. The van der Waals surface area contributed by atoms with Gasteiger partial charge in [-0.1, -0.05) is 53.6 Å². The zero-order valence-corrected chi connectivity index (χ0v) is 18.1. The monoisotopic (exact) mass is 436 g/mol. The molecule has 2 aliphatic heterocycles. The van der Waals surface area contributed by atoms with Gasteiger partial charge in [-0.2, -0.15) is 0 Å². The van der Waals surface area contributed by atoms with Gasteiger partial charge in [0.1, 0.15) is 6.17 Å². The van der Waals surface area contributed by atoms with Gasteiger partial charge in [0.15, 0.2) is 11.9 Å². The van der Waals surface area contributed by atoms with E-state index in [1.54, 1.807) is 11.9 Å². The number of halogens is 1. The molecule has 2 aliphatic rings. The average molecular weight is 437 g/mol. The Bertz CT molecular complexity index is 1170. The number of fused-ring (bicyclic) bond motifs is 3. The minimum Gasteiger partial charge on any atom is -0.321 e. The van der Waals surface area contributed by atoms with Crippen LogP contribution in [0.15, 0.2) is 48.5 Å². The van der Waals surface area contributed by atoms with Crippen molar-refractivity contribution in [2.75, 3.05) is 19.0 Å². The number of rotatable bonds is 3. The van der Waals surface area contributed by atoms with Crippen LogP contribution in [0.5, 0.6) is 0 Å². The molecule has 31 heavy (non-hydrogen) atoms. The summed E-state index contributed by atoms with van der Waals surface area (Å²) >= 11 is 6.03. The van der Waals surface area contributed by atoms with Crippen molar-refractivity contribution < 1.29 is 9.59 Å². The first-order valence-electron chi connectivity index (χ1n) is 9.94. The van der Waals surface area contributed by atoms with Crippen molar-refractivity contribution in [2.45, 2.75) is 25.7 Å². The van der Waals surface area contributed by atoms with Gasteiger partial charge in [-0.05, 0) is 24.6 Å². The van der Waals surface area contributed by atoms with Gasteiger partial charge >= 0.3 is 6.03 Å². The lowest BCUT2D eigenvalue weighted by Gasteiger charge is -2.40. The summed E-state index contributed by atoms with van der Waals surface area (Å²) in [4.78, 5) is 30.6. The van der Waals surface area contributed by atoms with Gasteiger partial charge in [-0.15, -0.1) is 10.2 Å². The Kier molecular flexibility index (Phi) is 4.48. The molecule has 0 saturated carbocycles. The van der Waals surface area contributed by atoms with Crippen molar-refractivity contribution in [3.05, 3.63) is 64.7 Å². The molecule has 2 atom stereocenters. The molecule has 8 nitrogen and oxygen atoms in total. The smallest absolute Gasteiger partial charge is 0.321 e. The van der Waals surface area contributed by atoms with Crippen molar-refractivity contribution in [3.8, 4) is 11.4 Å². The maximum atomic E-state index is 13.2. The number of hydrogen-bond donors (Lipinski definition) is 0. The SMILES string of the molecule is Cc1ccc(-c2nnc3n2C2C(C(=O)N(C)C(=O)N2C)N3Cc2ccc(Cl)cc2)cc1. The topological polar surface area (TPSA) is 74.6 Å². The maximum Gasteiger partial charge on any atom is 0.327 e. The number of amides is 3. The van der Waals surface area contributed by atoms with Gasteiger partial charge in [0, 0.05) is 31.2 Å². The van der Waals surface area contributed by atoms with Crippen molar-refractivity contribution in [2.24, 2.45) is 0 Å². The van der Waals surface area contributed by atoms with E-state index in [1.807, 2.05) is 64.9 Å². The second kappa shape index (κ2) is 7.09. The molecule has 3 amide bonds. The fraction of sp³-hybridized carbons (Fsp3) is 0.273. The molecule has 0 spiro atoms.